The first-order chi connectivity index (χ1) is 13.2. The Balaban J connectivity index is 1.26. The van der Waals surface area contributed by atoms with Crippen molar-refractivity contribution in [2.45, 2.75) is 88.7 Å². The molecule has 1 heterocycles. The highest BCUT2D eigenvalue weighted by atomic mass is 16.3. The first-order valence-corrected chi connectivity index (χ1v) is 10.9. The highest BCUT2D eigenvalue weighted by Crippen LogP contribution is 2.62. The molecule has 6 fully saturated rings. The van der Waals surface area contributed by atoms with Gasteiger partial charge in [-0.3, -0.25) is 15.0 Å². The molecule has 6 rings (SSSR count). The van der Waals surface area contributed by atoms with E-state index in [0.717, 1.165) is 43.5 Å². The van der Waals surface area contributed by atoms with Crippen LogP contribution in [0.25, 0.3) is 0 Å². The third kappa shape index (κ3) is 2.85. The van der Waals surface area contributed by atoms with Crippen molar-refractivity contribution in [3.8, 4) is 0 Å². The molecule has 7 heteroatoms. The Morgan fingerprint density at radius 3 is 2.43 bits per heavy atom. The van der Waals surface area contributed by atoms with Gasteiger partial charge in [-0.25, -0.2) is 4.79 Å². The van der Waals surface area contributed by atoms with E-state index in [1.54, 1.807) is 0 Å². The van der Waals surface area contributed by atoms with Crippen molar-refractivity contribution in [1.29, 1.82) is 0 Å². The Morgan fingerprint density at radius 1 is 1.18 bits per heavy atom. The fraction of sp³-hybridized carbons (Fsp3) is 0.857. The quantitative estimate of drug-likeness (QED) is 0.645. The molecule has 28 heavy (non-hydrogen) atoms. The smallest absolute Gasteiger partial charge is 0.344 e. The topological polar surface area (TPSA) is 98.7 Å². The van der Waals surface area contributed by atoms with E-state index in [1.165, 1.54) is 6.42 Å². The average Bonchev–Trinajstić information content (AvgIpc) is 2.79. The molecule has 6 aliphatic rings. The Labute approximate surface area is 165 Å². The van der Waals surface area contributed by atoms with Gasteiger partial charge in [0.05, 0.1) is 5.60 Å². The lowest BCUT2D eigenvalue weighted by molar-refractivity contribution is -0.170. The molecule has 2 unspecified atom stereocenters. The van der Waals surface area contributed by atoms with Gasteiger partial charge in [0, 0.05) is 6.42 Å². The van der Waals surface area contributed by atoms with Crippen molar-refractivity contribution >= 4 is 17.8 Å². The van der Waals surface area contributed by atoms with Crippen LogP contribution in [-0.4, -0.2) is 39.1 Å². The molecular formula is C21H31N3O4. The van der Waals surface area contributed by atoms with Crippen LogP contribution >= 0.6 is 0 Å². The van der Waals surface area contributed by atoms with Gasteiger partial charge in [0.15, 0.2) is 0 Å². The number of hydrogen-bond acceptors (Lipinski definition) is 4. The van der Waals surface area contributed by atoms with Crippen molar-refractivity contribution in [2.24, 2.45) is 23.2 Å². The van der Waals surface area contributed by atoms with E-state index < -0.39 is 17.2 Å². The third-order valence-electron chi connectivity index (χ3n) is 8.21. The predicted molar refractivity (Wildman–Crippen MR) is 101 cm³/mol. The van der Waals surface area contributed by atoms with Crippen LogP contribution in [-0.2, 0) is 9.59 Å². The number of hydrazine groups is 1. The molecular weight excluding hydrogens is 358 g/mol. The SMILES string of the molecule is CC1CCC2(CC1)NC(=O)N(NC(=O)CC13CC4CC(CC(O)(C4)C1)C3)C2=O. The first kappa shape index (κ1) is 18.4. The maximum absolute atomic E-state index is 12.9. The Kier molecular flexibility index (Phi) is 3.90. The third-order valence-corrected chi connectivity index (χ3v) is 8.21. The zero-order valence-electron chi connectivity index (χ0n) is 16.6. The summed E-state index contributed by atoms with van der Waals surface area (Å²) in [6.07, 6.45) is 8.85. The first-order valence-electron chi connectivity index (χ1n) is 10.9. The maximum atomic E-state index is 12.9. The van der Waals surface area contributed by atoms with Gasteiger partial charge >= 0.3 is 6.03 Å². The number of urea groups is 1. The molecule has 5 aliphatic carbocycles. The van der Waals surface area contributed by atoms with Crippen LogP contribution in [0.2, 0.25) is 0 Å². The second-order valence-corrected chi connectivity index (χ2v) is 10.7. The van der Waals surface area contributed by atoms with Gasteiger partial charge in [-0.2, -0.15) is 5.01 Å². The van der Waals surface area contributed by atoms with Gasteiger partial charge in [-0.15, -0.1) is 0 Å². The summed E-state index contributed by atoms with van der Waals surface area (Å²) in [6, 6.07) is -0.517. The largest absolute Gasteiger partial charge is 0.390 e. The van der Waals surface area contributed by atoms with E-state index >= 15 is 0 Å². The van der Waals surface area contributed by atoms with Crippen LogP contribution in [0.5, 0.6) is 0 Å². The molecule has 3 N–H and O–H groups in total. The fourth-order valence-corrected chi connectivity index (χ4v) is 7.43. The molecule has 7 nitrogen and oxygen atoms in total. The Morgan fingerprint density at radius 2 is 1.82 bits per heavy atom. The standard InChI is InChI=1S/C21H31N3O4/c1-13-2-4-21(5-3-13)17(26)24(18(27)22-21)23-16(25)11-19-7-14-6-15(8-19)10-20(28,9-14)12-19/h13-15,28H,2-12H2,1H3,(H,22,27)(H,23,25). The Hall–Kier alpha value is -1.63. The minimum Gasteiger partial charge on any atom is -0.390 e. The van der Waals surface area contributed by atoms with Crippen LogP contribution in [0, 0.1) is 23.2 Å². The molecule has 0 radical (unpaired) electrons. The predicted octanol–water partition coefficient (Wildman–Crippen LogP) is 2.24. The second-order valence-electron chi connectivity index (χ2n) is 10.7. The number of rotatable bonds is 3. The summed E-state index contributed by atoms with van der Waals surface area (Å²) in [4.78, 5) is 38.2. The van der Waals surface area contributed by atoms with E-state index in [1.807, 2.05) is 0 Å². The van der Waals surface area contributed by atoms with E-state index in [4.69, 9.17) is 0 Å². The van der Waals surface area contributed by atoms with E-state index in [2.05, 4.69) is 17.7 Å². The van der Waals surface area contributed by atoms with Crippen LogP contribution in [0.3, 0.4) is 0 Å². The van der Waals surface area contributed by atoms with Gasteiger partial charge in [0.2, 0.25) is 5.91 Å². The lowest BCUT2D eigenvalue weighted by Gasteiger charge is -2.60. The fourth-order valence-electron chi connectivity index (χ4n) is 7.43. The molecule has 0 aromatic rings. The number of nitrogens with zero attached hydrogens (tertiary/aromatic N) is 1. The van der Waals surface area contributed by atoms with E-state index in [9.17, 15) is 19.5 Å². The number of carbonyl (C=O) groups is 3. The minimum absolute atomic E-state index is 0.180. The molecule has 0 aromatic heterocycles. The Bertz CT molecular complexity index is 713. The lowest BCUT2D eigenvalue weighted by Crippen LogP contribution is -2.57. The monoisotopic (exact) mass is 389 g/mol. The van der Waals surface area contributed by atoms with Crippen molar-refractivity contribution in [2.75, 3.05) is 0 Å². The van der Waals surface area contributed by atoms with Crippen LogP contribution in [0.4, 0.5) is 4.79 Å². The highest BCUT2D eigenvalue weighted by Gasteiger charge is 2.58. The summed E-state index contributed by atoms with van der Waals surface area (Å²) in [5, 5.41) is 14.6. The summed E-state index contributed by atoms with van der Waals surface area (Å²) >= 11 is 0. The van der Waals surface area contributed by atoms with Gasteiger partial charge in [0.1, 0.15) is 5.54 Å². The molecule has 5 saturated carbocycles. The van der Waals surface area contributed by atoms with Crippen molar-refractivity contribution < 1.29 is 19.5 Å². The van der Waals surface area contributed by atoms with Crippen LogP contribution in [0.1, 0.15) is 77.6 Å². The van der Waals surface area contributed by atoms with Crippen molar-refractivity contribution in [3.05, 3.63) is 0 Å². The summed E-state index contributed by atoms with van der Waals surface area (Å²) in [7, 11) is 0. The number of hydrogen-bond donors (Lipinski definition) is 3. The van der Waals surface area contributed by atoms with Gasteiger partial charge in [0.25, 0.3) is 5.91 Å². The molecule has 4 bridgehead atoms. The number of imide groups is 1. The molecule has 1 aliphatic heterocycles. The minimum atomic E-state index is -0.841. The molecule has 154 valence electrons. The number of carbonyl (C=O) groups excluding carboxylic acids is 3. The summed E-state index contributed by atoms with van der Waals surface area (Å²) in [5.41, 5.74) is 0.962. The highest BCUT2D eigenvalue weighted by molar-refractivity contribution is 6.08. The molecule has 4 amide bonds. The molecule has 1 spiro atoms. The van der Waals surface area contributed by atoms with E-state index in [0.29, 0.717) is 37.0 Å². The van der Waals surface area contributed by atoms with Gasteiger partial charge in [-0.05, 0) is 87.4 Å². The zero-order chi connectivity index (χ0) is 19.7. The average molecular weight is 389 g/mol. The normalized spacial score (nSPS) is 46.9. The second kappa shape index (κ2) is 5.94. The van der Waals surface area contributed by atoms with Gasteiger partial charge < -0.3 is 10.4 Å². The van der Waals surface area contributed by atoms with E-state index in [-0.39, 0.29) is 23.7 Å². The van der Waals surface area contributed by atoms with Crippen LogP contribution in [0.15, 0.2) is 0 Å². The van der Waals surface area contributed by atoms with Crippen LogP contribution < -0.4 is 10.7 Å². The zero-order valence-corrected chi connectivity index (χ0v) is 16.6. The molecule has 2 atom stereocenters. The maximum Gasteiger partial charge on any atom is 0.344 e. The summed E-state index contributed by atoms with van der Waals surface area (Å²) in [6.45, 7) is 2.16. The number of amides is 4. The summed E-state index contributed by atoms with van der Waals surface area (Å²) in [5.74, 6) is 0.963. The number of nitrogens with one attached hydrogen (secondary N) is 2. The molecule has 0 aromatic carbocycles. The number of aliphatic hydroxyl groups is 1. The molecule has 1 saturated heterocycles. The van der Waals surface area contributed by atoms with Gasteiger partial charge in [-0.1, -0.05) is 6.92 Å². The van der Waals surface area contributed by atoms with Crippen molar-refractivity contribution in [1.82, 2.24) is 15.8 Å². The van der Waals surface area contributed by atoms with Crippen molar-refractivity contribution in [3.63, 3.8) is 0 Å². The lowest BCUT2D eigenvalue weighted by atomic mass is 9.47. The summed E-state index contributed by atoms with van der Waals surface area (Å²) < 4.78 is 0.